The summed E-state index contributed by atoms with van der Waals surface area (Å²) in [4.78, 5) is 0. The SMILES string of the molecule is CC(Nc1c(F)cc(F)cc1Cl)c1ccc(F)cc1Cl. The Balaban J connectivity index is 2.30. The van der Waals surface area contributed by atoms with Crippen molar-refractivity contribution in [3.05, 3.63) is 63.4 Å². The van der Waals surface area contributed by atoms with Gasteiger partial charge in [-0.2, -0.15) is 0 Å². The quantitative estimate of drug-likeness (QED) is 0.778. The van der Waals surface area contributed by atoms with Gasteiger partial charge in [0.2, 0.25) is 0 Å². The van der Waals surface area contributed by atoms with Crippen molar-refractivity contribution in [2.45, 2.75) is 13.0 Å². The Morgan fingerprint density at radius 1 is 0.950 bits per heavy atom. The van der Waals surface area contributed by atoms with E-state index >= 15 is 0 Å². The monoisotopic (exact) mass is 319 g/mol. The number of hydrogen-bond donors (Lipinski definition) is 1. The molecule has 0 radical (unpaired) electrons. The fourth-order valence-electron chi connectivity index (χ4n) is 1.83. The molecule has 0 aliphatic carbocycles. The summed E-state index contributed by atoms with van der Waals surface area (Å²) in [6.07, 6.45) is 0. The average molecular weight is 320 g/mol. The second-order valence-electron chi connectivity index (χ2n) is 4.28. The minimum Gasteiger partial charge on any atom is -0.375 e. The van der Waals surface area contributed by atoms with E-state index in [1.54, 1.807) is 6.92 Å². The van der Waals surface area contributed by atoms with Crippen LogP contribution < -0.4 is 5.32 Å². The number of nitrogens with one attached hydrogen (secondary N) is 1. The Morgan fingerprint density at radius 3 is 2.20 bits per heavy atom. The van der Waals surface area contributed by atoms with Gasteiger partial charge in [-0.1, -0.05) is 29.3 Å². The van der Waals surface area contributed by atoms with Gasteiger partial charge in [0.1, 0.15) is 11.6 Å². The molecule has 0 saturated heterocycles. The lowest BCUT2D eigenvalue weighted by Gasteiger charge is -2.18. The van der Waals surface area contributed by atoms with Crippen LogP contribution in [-0.4, -0.2) is 0 Å². The van der Waals surface area contributed by atoms with Gasteiger partial charge in [0.15, 0.2) is 5.82 Å². The highest BCUT2D eigenvalue weighted by molar-refractivity contribution is 6.33. The zero-order chi connectivity index (χ0) is 14.9. The lowest BCUT2D eigenvalue weighted by molar-refractivity contribution is 0.584. The molecule has 0 aromatic heterocycles. The number of hydrogen-bond acceptors (Lipinski definition) is 1. The minimum absolute atomic E-state index is 0.0269. The summed E-state index contributed by atoms with van der Waals surface area (Å²) in [5.74, 6) is -2.03. The Kier molecular flexibility index (Phi) is 4.45. The van der Waals surface area contributed by atoms with Gasteiger partial charge in [-0.3, -0.25) is 0 Å². The zero-order valence-electron chi connectivity index (χ0n) is 10.4. The van der Waals surface area contributed by atoms with Crippen LogP contribution in [0.25, 0.3) is 0 Å². The smallest absolute Gasteiger partial charge is 0.150 e. The second kappa shape index (κ2) is 5.94. The summed E-state index contributed by atoms with van der Waals surface area (Å²) in [6, 6.07) is 5.21. The minimum atomic E-state index is -0.805. The van der Waals surface area contributed by atoms with Crippen LogP contribution >= 0.6 is 23.2 Å². The molecular formula is C14H10Cl2F3N. The first kappa shape index (κ1) is 15.0. The number of halogens is 5. The molecule has 1 N–H and O–H groups in total. The molecular weight excluding hydrogens is 310 g/mol. The van der Waals surface area contributed by atoms with Crippen LogP contribution in [0, 0.1) is 17.5 Å². The molecule has 106 valence electrons. The van der Waals surface area contributed by atoms with Crippen molar-refractivity contribution in [2.24, 2.45) is 0 Å². The standard InChI is InChI=1S/C14H10Cl2F3N/c1-7(10-3-2-8(17)4-11(10)15)20-14-12(16)5-9(18)6-13(14)19/h2-7,20H,1H3. The van der Waals surface area contributed by atoms with E-state index < -0.39 is 23.5 Å². The molecule has 2 aromatic rings. The molecule has 1 nitrogen and oxygen atoms in total. The number of anilines is 1. The Morgan fingerprint density at radius 2 is 1.60 bits per heavy atom. The van der Waals surface area contributed by atoms with Gasteiger partial charge < -0.3 is 5.32 Å². The van der Waals surface area contributed by atoms with E-state index in [9.17, 15) is 13.2 Å². The number of rotatable bonds is 3. The van der Waals surface area contributed by atoms with E-state index in [4.69, 9.17) is 23.2 Å². The third kappa shape index (κ3) is 3.19. The summed E-state index contributed by atoms with van der Waals surface area (Å²) in [6.45, 7) is 1.71. The largest absolute Gasteiger partial charge is 0.375 e. The van der Waals surface area contributed by atoms with E-state index in [0.717, 1.165) is 18.2 Å². The van der Waals surface area contributed by atoms with E-state index in [2.05, 4.69) is 5.32 Å². The summed E-state index contributed by atoms with van der Waals surface area (Å²) in [5, 5.41) is 2.94. The second-order valence-corrected chi connectivity index (χ2v) is 5.09. The summed E-state index contributed by atoms with van der Waals surface area (Å²) in [7, 11) is 0. The van der Waals surface area contributed by atoms with Crippen molar-refractivity contribution >= 4 is 28.9 Å². The molecule has 0 amide bonds. The third-order valence-corrected chi connectivity index (χ3v) is 3.42. The van der Waals surface area contributed by atoms with Gasteiger partial charge in [0.25, 0.3) is 0 Å². The first-order valence-corrected chi connectivity index (χ1v) is 6.50. The van der Waals surface area contributed by atoms with Crippen molar-refractivity contribution in [1.29, 1.82) is 0 Å². The summed E-state index contributed by atoms with van der Waals surface area (Å²) < 4.78 is 39.6. The van der Waals surface area contributed by atoms with Crippen LogP contribution in [0.15, 0.2) is 30.3 Å². The van der Waals surface area contributed by atoms with Gasteiger partial charge in [0.05, 0.1) is 16.8 Å². The highest BCUT2D eigenvalue weighted by Crippen LogP contribution is 2.32. The maximum atomic E-state index is 13.7. The topological polar surface area (TPSA) is 12.0 Å². The molecule has 0 aliphatic heterocycles. The summed E-state index contributed by atoms with van der Waals surface area (Å²) >= 11 is 11.7. The molecule has 0 saturated carbocycles. The van der Waals surface area contributed by atoms with Crippen LogP contribution in [-0.2, 0) is 0 Å². The zero-order valence-corrected chi connectivity index (χ0v) is 11.9. The van der Waals surface area contributed by atoms with Crippen molar-refractivity contribution in [3.63, 3.8) is 0 Å². The molecule has 1 unspecified atom stereocenters. The van der Waals surface area contributed by atoms with E-state index in [1.807, 2.05) is 0 Å². The fourth-order valence-corrected chi connectivity index (χ4v) is 2.41. The van der Waals surface area contributed by atoms with Crippen LogP contribution in [0.4, 0.5) is 18.9 Å². The molecule has 0 fully saturated rings. The van der Waals surface area contributed by atoms with E-state index in [1.165, 1.54) is 12.1 Å². The maximum Gasteiger partial charge on any atom is 0.150 e. The fraction of sp³-hybridized carbons (Fsp3) is 0.143. The van der Waals surface area contributed by atoms with Gasteiger partial charge in [-0.15, -0.1) is 0 Å². The van der Waals surface area contributed by atoms with Gasteiger partial charge in [0, 0.05) is 11.1 Å². The van der Waals surface area contributed by atoms with Crippen molar-refractivity contribution in [1.82, 2.24) is 0 Å². The van der Waals surface area contributed by atoms with Crippen LogP contribution in [0.3, 0.4) is 0 Å². The average Bonchev–Trinajstić information content (AvgIpc) is 2.33. The van der Waals surface area contributed by atoms with Gasteiger partial charge in [-0.25, -0.2) is 13.2 Å². The van der Waals surface area contributed by atoms with Crippen LogP contribution in [0.5, 0.6) is 0 Å². The molecule has 2 aromatic carbocycles. The Bertz CT molecular complexity index is 623. The molecule has 20 heavy (non-hydrogen) atoms. The van der Waals surface area contributed by atoms with Crippen molar-refractivity contribution < 1.29 is 13.2 Å². The first-order valence-electron chi connectivity index (χ1n) is 5.74. The lowest BCUT2D eigenvalue weighted by atomic mass is 10.1. The first-order chi connectivity index (χ1) is 9.38. The summed E-state index contributed by atoms with van der Waals surface area (Å²) in [5.41, 5.74) is 0.550. The van der Waals surface area contributed by atoms with Crippen LogP contribution in [0.1, 0.15) is 18.5 Å². The molecule has 2 rings (SSSR count). The lowest BCUT2D eigenvalue weighted by Crippen LogP contribution is -2.09. The Hall–Kier alpha value is -1.39. The van der Waals surface area contributed by atoms with Gasteiger partial charge >= 0.3 is 0 Å². The molecule has 0 bridgehead atoms. The predicted octanol–water partition coefficient (Wildman–Crippen LogP) is 5.58. The number of benzene rings is 2. The van der Waals surface area contributed by atoms with Crippen LogP contribution in [0.2, 0.25) is 10.0 Å². The van der Waals surface area contributed by atoms with E-state index in [0.29, 0.717) is 5.56 Å². The highest BCUT2D eigenvalue weighted by atomic mass is 35.5. The molecule has 6 heteroatoms. The molecule has 0 heterocycles. The van der Waals surface area contributed by atoms with Gasteiger partial charge in [-0.05, 0) is 30.7 Å². The normalized spacial score (nSPS) is 12.3. The van der Waals surface area contributed by atoms with Crippen molar-refractivity contribution in [2.75, 3.05) is 5.32 Å². The van der Waals surface area contributed by atoms with Crippen molar-refractivity contribution in [3.8, 4) is 0 Å². The molecule has 0 spiro atoms. The third-order valence-electron chi connectivity index (χ3n) is 2.80. The Labute approximate surface area is 124 Å². The maximum absolute atomic E-state index is 13.7. The molecule has 0 aliphatic rings. The highest BCUT2D eigenvalue weighted by Gasteiger charge is 2.15. The predicted molar refractivity (Wildman–Crippen MR) is 74.8 cm³/mol. The van der Waals surface area contributed by atoms with E-state index in [-0.39, 0.29) is 15.7 Å². The molecule has 1 atom stereocenters.